The molecule has 3 aliphatic heterocycles. The molecule has 0 aromatic heterocycles. The molecule has 0 aromatic carbocycles. The molecule has 0 saturated carbocycles. The third-order valence-electron chi connectivity index (χ3n) is 3.43. The van der Waals surface area contributed by atoms with Crippen LogP contribution in [-0.4, -0.2) is 54.0 Å². The van der Waals surface area contributed by atoms with E-state index in [0.717, 1.165) is 0 Å². The van der Waals surface area contributed by atoms with Gasteiger partial charge in [-0.25, -0.2) is 0 Å². The summed E-state index contributed by atoms with van der Waals surface area (Å²) in [7, 11) is 0. The van der Waals surface area contributed by atoms with Crippen LogP contribution < -0.4 is 0 Å². The molecule has 1 unspecified atom stereocenters. The normalized spacial score (nSPS) is 48.8. The predicted molar refractivity (Wildman–Crippen MR) is 59.6 cm³/mol. The Bertz CT molecular complexity index is 341. The molecule has 0 aliphatic carbocycles. The zero-order chi connectivity index (χ0) is 13.1. The van der Waals surface area contributed by atoms with Crippen molar-refractivity contribution in [1.29, 1.82) is 0 Å². The van der Waals surface area contributed by atoms with Crippen LogP contribution >= 0.6 is 0 Å². The molecule has 0 spiro atoms. The molecule has 0 amide bonds. The van der Waals surface area contributed by atoms with Crippen LogP contribution in [0.15, 0.2) is 0 Å². The number of aliphatic hydroxyl groups excluding tert-OH is 1. The average molecular weight is 260 g/mol. The van der Waals surface area contributed by atoms with Gasteiger partial charge in [-0.1, -0.05) is 0 Å². The predicted octanol–water partition coefficient (Wildman–Crippen LogP) is 0.375. The van der Waals surface area contributed by atoms with E-state index in [-0.39, 0.29) is 24.9 Å². The zero-order valence-electron chi connectivity index (χ0n) is 11.1. The summed E-state index contributed by atoms with van der Waals surface area (Å²) in [5.41, 5.74) is 0. The van der Waals surface area contributed by atoms with Gasteiger partial charge in [0, 0.05) is 0 Å². The molecule has 0 bridgehead atoms. The monoisotopic (exact) mass is 260 g/mol. The van der Waals surface area contributed by atoms with Gasteiger partial charge >= 0.3 is 0 Å². The Morgan fingerprint density at radius 1 is 0.833 bits per heavy atom. The fourth-order valence-corrected chi connectivity index (χ4v) is 2.84. The van der Waals surface area contributed by atoms with Crippen molar-refractivity contribution in [1.82, 2.24) is 0 Å². The molecule has 5 atom stereocenters. The second-order valence-corrected chi connectivity index (χ2v) is 5.89. The van der Waals surface area contributed by atoms with Gasteiger partial charge in [0.1, 0.15) is 24.4 Å². The largest absolute Gasteiger partial charge is 0.394 e. The Hall–Kier alpha value is -0.240. The van der Waals surface area contributed by atoms with Crippen LogP contribution in [0.1, 0.15) is 27.7 Å². The van der Waals surface area contributed by atoms with Crippen molar-refractivity contribution in [3.05, 3.63) is 0 Å². The van der Waals surface area contributed by atoms with E-state index in [0.29, 0.717) is 0 Å². The number of fused-ring (bicyclic) bond motifs is 3. The molecule has 6 heteroatoms. The van der Waals surface area contributed by atoms with Gasteiger partial charge in [0.2, 0.25) is 0 Å². The van der Waals surface area contributed by atoms with Crippen LogP contribution in [0.2, 0.25) is 0 Å². The van der Waals surface area contributed by atoms with E-state index < -0.39 is 24.0 Å². The topological polar surface area (TPSA) is 66.4 Å². The van der Waals surface area contributed by atoms with E-state index in [2.05, 4.69) is 0 Å². The lowest BCUT2D eigenvalue weighted by Crippen LogP contribution is -2.56. The standard InChI is InChI=1S/C12H20O6/c1-11(2)15-7-6(5-13)14-10-9(8(7)16-11)17-12(3,4)18-10/h6-10,13H,5H2,1-4H3/t6-,7-,8+,9-,10?/m1/s1. The first-order valence-electron chi connectivity index (χ1n) is 6.29. The van der Waals surface area contributed by atoms with Gasteiger partial charge in [0.05, 0.1) is 6.61 Å². The third kappa shape index (κ3) is 1.97. The molecule has 0 radical (unpaired) electrons. The quantitative estimate of drug-likeness (QED) is 0.735. The maximum absolute atomic E-state index is 9.40. The van der Waals surface area contributed by atoms with Crippen LogP contribution in [0.5, 0.6) is 0 Å². The highest BCUT2D eigenvalue weighted by atomic mass is 16.9. The minimum absolute atomic E-state index is 0.131. The molecule has 3 heterocycles. The summed E-state index contributed by atoms with van der Waals surface area (Å²) < 4.78 is 28.9. The first-order valence-corrected chi connectivity index (χ1v) is 6.29. The van der Waals surface area contributed by atoms with Crippen molar-refractivity contribution in [2.45, 2.75) is 70.0 Å². The minimum Gasteiger partial charge on any atom is -0.394 e. The molecule has 3 fully saturated rings. The molecule has 1 N–H and O–H groups in total. The molecule has 3 saturated heterocycles. The lowest BCUT2D eigenvalue weighted by atomic mass is 9.99. The summed E-state index contributed by atoms with van der Waals surface area (Å²) in [6, 6.07) is 0. The van der Waals surface area contributed by atoms with Gasteiger partial charge in [-0.3, -0.25) is 0 Å². The van der Waals surface area contributed by atoms with Crippen LogP contribution in [0.4, 0.5) is 0 Å². The van der Waals surface area contributed by atoms with E-state index in [1.54, 1.807) is 0 Å². The van der Waals surface area contributed by atoms with Crippen molar-refractivity contribution in [2.75, 3.05) is 6.61 Å². The molecular weight excluding hydrogens is 240 g/mol. The summed E-state index contributed by atoms with van der Waals surface area (Å²) in [5, 5.41) is 9.40. The van der Waals surface area contributed by atoms with Crippen LogP contribution in [0, 0.1) is 0 Å². The van der Waals surface area contributed by atoms with Gasteiger partial charge in [0.15, 0.2) is 17.9 Å². The smallest absolute Gasteiger partial charge is 0.190 e. The average Bonchev–Trinajstić information content (AvgIpc) is 2.71. The Kier molecular flexibility index (Phi) is 2.75. The van der Waals surface area contributed by atoms with Gasteiger partial charge < -0.3 is 28.8 Å². The summed E-state index contributed by atoms with van der Waals surface area (Å²) in [6.45, 7) is 7.22. The lowest BCUT2D eigenvalue weighted by molar-refractivity contribution is -0.240. The number of hydrogen-bond donors (Lipinski definition) is 1. The van der Waals surface area contributed by atoms with Crippen molar-refractivity contribution in [2.24, 2.45) is 0 Å². The zero-order valence-corrected chi connectivity index (χ0v) is 11.1. The van der Waals surface area contributed by atoms with Crippen LogP contribution in [0.3, 0.4) is 0 Å². The highest BCUT2D eigenvalue weighted by Crippen LogP contribution is 2.43. The SMILES string of the molecule is CC1(C)O[C@H]2[C@H](O1)[C@H]1OC(C)(C)OC1O[C@@H]2CO. The first kappa shape index (κ1) is 12.8. The van der Waals surface area contributed by atoms with E-state index >= 15 is 0 Å². The van der Waals surface area contributed by atoms with Gasteiger partial charge in [-0.05, 0) is 27.7 Å². The lowest BCUT2D eigenvalue weighted by Gasteiger charge is -2.36. The number of hydrogen-bond acceptors (Lipinski definition) is 6. The van der Waals surface area contributed by atoms with E-state index in [1.807, 2.05) is 27.7 Å². The van der Waals surface area contributed by atoms with Gasteiger partial charge in [0.25, 0.3) is 0 Å². The van der Waals surface area contributed by atoms with Crippen molar-refractivity contribution in [3.63, 3.8) is 0 Å². The molecular formula is C12H20O6. The molecule has 18 heavy (non-hydrogen) atoms. The van der Waals surface area contributed by atoms with Crippen molar-refractivity contribution >= 4 is 0 Å². The first-order chi connectivity index (χ1) is 8.31. The molecule has 0 aromatic rings. The van der Waals surface area contributed by atoms with Crippen molar-refractivity contribution in [3.8, 4) is 0 Å². The molecule has 6 nitrogen and oxygen atoms in total. The fraction of sp³-hybridized carbons (Fsp3) is 1.00. The number of ether oxygens (including phenoxy) is 5. The summed E-state index contributed by atoms with van der Waals surface area (Å²) in [6.07, 6.45) is -1.90. The third-order valence-corrected chi connectivity index (χ3v) is 3.43. The van der Waals surface area contributed by atoms with Gasteiger partial charge in [-0.2, -0.15) is 0 Å². The fourth-order valence-electron chi connectivity index (χ4n) is 2.84. The minimum atomic E-state index is -0.708. The highest BCUT2D eigenvalue weighted by molar-refractivity contribution is 4.99. The Labute approximate surface area is 106 Å². The Morgan fingerprint density at radius 3 is 2.06 bits per heavy atom. The molecule has 104 valence electrons. The van der Waals surface area contributed by atoms with Crippen LogP contribution in [0.25, 0.3) is 0 Å². The van der Waals surface area contributed by atoms with Crippen molar-refractivity contribution < 1.29 is 28.8 Å². The Morgan fingerprint density at radius 2 is 1.39 bits per heavy atom. The van der Waals surface area contributed by atoms with Gasteiger partial charge in [-0.15, -0.1) is 0 Å². The molecule has 3 aliphatic rings. The molecule has 3 rings (SSSR count). The maximum atomic E-state index is 9.40. The summed E-state index contributed by atoms with van der Waals surface area (Å²) >= 11 is 0. The van der Waals surface area contributed by atoms with E-state index in [1.165, 1.54) is 0 Å². The Balaban J connectivity index is 1.86. The second kappa shape index (κ2) is 3.88. The highest BCUT2D eigenvalue weighted by Gasteiger charge is 2.60. The summed E-state index contributed by atoms with van der Waals surface area (Å²) in [5.74, 6) is -1.41. The van der Waals surface area contributed by atoms with Crippen LogP contribution in [-0.2, 0) is 23.7 Å². The summed E-state index contributed by atoms with van der Waals surface area (Å²) in [4.78, 5) is 0. The van der Waals surface area contributed by atoms with E-state index in [9.17, 15) is 5.11 Å². The number of aliphatic hydroxyl groups is 1. The second-order valence-electron chi connectivity index (χ2n) is 5.89. The number of rotatable bonds is 1. The van der Waals surface area contributed by atoms with E-state index in [4.69, 9.17) is 23.7 Å². The maximum Gasteiger partial charge on any atom is 0.190 e.